The first kappa shape index (κ1) is 20.1. The lowest BCUT2D eigenvalue weighted by Gasteiger charge is -2.21. The van der Waals surface area contributed by atoms with Crippen LogP contribution in [0.15, 0.2) is 66.1 Å². The summed E-state index contributed by atoms with van der Waals surface area (Å²) in [4.78, 5) is 4.83. The third kappa shape index (κ3) is 3.09. The van der Waals surface area contributed by atoms with Crippen molar-refractivity contribution in [3.05, 3.63) is 66.7 Å². The molecule has 2 bridgehead atoms. The highest BCUT2D eigenvalue weighted by Gasteiger charge is 2.48. The Labute approximate surface area is 191 Å². The Morgan fingerprint density at radius 3 is 2.61 bits per heavy atom. The molecule has 0 radical (unpaired) electrons. The van der Waals surface area contributed by atoms with Gasteiger partial charge in [-0.05, 0) is 36.6 Å². The van der Waals surface area contributed by atoms with Crippen molar-refractivity contribution >= 4 is 21.1 Å². The molecule has 0 spiro atoms. The maximum Gasteiger partial charge on any atom is 0.269 e. The first-order chi connectivity index (χ1) is 16.0. The topological polar surface area (TPSA) is 103 Å². The van der Waals surface area contributed by atoms with E-state index in [0.717, 1.165) is 34.9 Å². The van der Waals surface area contributed by atoms with Gasteiger partial charge in [-0.25, -0.2) is 17.4 Å². The minimum atomic E-state index is -3.83. The van der Waals surface area contributed by atoms with Gasteiger partial charge in [0, 0.05) is 48.1 Å². The Hall–Kier alpha value is -3.48. The predicted molar refractivity (Wildman–Crippen MR) is 121 cm³/mol. The molecule has 2 fully saturated rings. The Balaban J connectivity index is 1.51. The number of hydrogen-bond donors (Lipinski definition) is 0. The van der Waals surface area contributed by atoms with Gasteiger partial charge < -0.3 is 4.74 Å². The number of hydrogen-bond acceptors (Lipinski definition) is 6. The second-order valence-corrected chi connectivity index (χ2v) is 10.5. The molecule has 8 nitrogen and oxygen atoms in total. The van der Waals surface area contributed by atoms with E-state index in [4.69, 9.17) is 4.74 Å². The Bertz CT molecular complexity index is 1520. The first-order valence-corrected chi connectivity index (χ1v) is 12.3. The van der Waals surface area contributed by atoms with Crippen LogP contribution in [0, 0.1) is 17.2 Å². The Kier molecular flexibility index (Phi) is 4.44. The predicted octanol–water partition coefficient (Wildman–Crippen LogP) is 3.46. The summed E-state index contributed by atoms with van der Waals surface area (Å²) in [7, 11) is -2.01. The lowest BCUT2D eigenvalue weighted by atomic mass is 9.79. The molecular weight excluding hydrogens is 438 g/mol. The maximum atomic E-state index is 13.5. The quantitative estimate of drug-likeness (QED) is 0.463. The second kappa shape index (κ2) is 7.27. The number of benzene rings is 1. The van der Waals surface area contributed by atoms with Gasteiger partial charge in [0.25, 0.3) is 10.0 Å². The van der Waals surface area contributed by atoms with Gasteiger partial charge in [0.05, 0.1) is 35.3 Å². The molecule has 4 atom stereocenters. The van der Waals surface area contributed by atoms with Gasteiger partial charge in [0.15, 0.2) is 5.65 Å². The fraction of sp³-hybridized carbons (Fsp3) is 0.292. The average Bonchev–Trinajstić information content (AvgIpc) is 3.61. The summed E-state index contributed by atoms with van der Waals surface area (Å²) < 4.78 is 35.9. The monoisotopic (exact) mass is 459 g/mol. The largest absolute Gasteiger partial charge is 0.373 e. The van der Waals surface area contributed by atoms with Gasteiger partial charge in [0.2, 0.25) is 0 Å². The summed E-state index contributed by atoms with van der Waals surface area (Å²) in [5, 5.41) is 14.3. The van der Waals surface area contributed by atoms with Crippen molar-refractivity contribution in [3.63, 3.8) is 0 Å². The molecule has 166 valence electrons. The summed E-state index contributed by atoms with van der Waals surface area (Å²) in [6.45, 7) is 0. The zero-order valence-corrected chi connectivity index (χ0v) is 18.7. The number of nitrogens with zero attached hydrogens (tertiary/aromatic N) is 5. The fourth-order valence-corrected chi connectivity index (χ4v) is 6.47. The lowest BCUT2D eigenvalue weighted by molar-refractivity contribution is 0.0951. The zero-order chi connectivity index (χ0) is 22.7. The van der Waals surface area contributed by atoms with Crippen molar-refractivity contribution in [1.29, 1.82) is 5.26 Å². The summed E-state index contributed by atoms with van der Waals surface area (Å²) in [6.07, 6.45) is 8.42. The number of nitriles is 1. The van der Waals surface area contributed by atoms with Gasteiger partial charge in [0.1, 0.15) is 0 Å². The summed E-state index contributed by atoms with van der Waals surface area (Å²) in [5.74, 6) is 0.0957. The molecule has 2 aliphatic rings. The average molecular weight is 460 g/mol. The van der Waals surface area contributed by atoms with Crippen LogP contribution in [-0.2, 0) is 21.8 Å². The highest BCUT2D eigenvalue weighted by atomic mass is 32.2. The third-order valence-corrected chi connectivity index (χ3v) is 8.43. The number of aryl methyl sites for hydroxylation is 1. The van der Waals surface area contributed by atoms with E-state index in [0.29, 0.717) is 5.65 Å². The van der Waals surface area contributed by atoms with E-state index in [2.05, 4.69) is 16.2 Å². The normalized spacial score (nSPS) is 24.4. The van der Waals surface area contributed by atoms with Crippen LogP contribution in [0.3, 0.4) is 0 Å². The van der Waals surface area contributed by atoms with Gasteiger partial charge in [-0.15, -0.1) is 0 Å². The number of rotatable bonds is 4. The van der Waals surface area contributed by atoms with Gasteiger partial charge in [-0.1, -0.05) is 18.2 Å². The van der Waals surface area contributed by atoms with Gasteiger partial charge in [-0.3, -0.25) is 4.68 Å². The standard InChI is InChI=1S/C24H21N5O3S/c1-28-13-17(12-27-28)21-14-29(33(30,31)18-5-3-2-4-6-18)24-20(21)7-16(11-26-24)19-9-22-15(10-25)8-23(19)32-22/h2-7,11-15,19,22-23H,8-9H2,1H3/t15?,19-,22+,23+/m0/s1. The lowest BCUT2D eigenvalue weighted by Crippen LogP contribution is -2.21. The van der Waals surface area contributed by atoms with E-state index >= 15 is 0 Å². The number of ether oxygens (including phenoxy) is 1. The molecule has 3 aromatic heterocycles. The second-order valence-electron chi connectivity index (χ2n) is 8.73. The van der Waals surface area contributed by atoms with Crippen LogP contribution in [0.2, 0.25) is 0 Å². The van der Waals surface area contributed by atoms with E-state index in [1.807, 2.05) is 19.3 Å². The molecule has 1 aromatic carbocycles. The number of pyridine rings is 1. The Morgan fingerprint density at radius 1 is 1.12 bits per heavy atom. The molecule has 0 saturated carbocycles. The van der Waals surface area contributed by atoms with Crippen molar-refractivity contribution in [2.45, 2.75) is 35.9 Å². The van der Waals surface area contributed by atoms with Crippen LogP contribution in [0.25, 0.3) is 22.2 Å². The van der Waals surface area contributed by atoms with Crippen molar-refractivity contribution in [2.24, 2.45) is 13.0 Å². The number of fused-ring (bicyclic) bond motifs is 3. The minimum Gasteiger partial charge on any atom is -0.373 e. The van der Waals surface area contributed by atoms with E-state index in [9.17, 15) is 13.7 Å². The molecule has 33 heavy (non-hydrogen) atoms. The summed E-state index contributed by atoms with van der Waals surface area (Å²) >= 11 is 0. The van der Waals surface area contributed by atoms with Crippen LogP contribution < -0.4 is 0 Å². The minimum absolute atomic E-state index is 0.00382. The van der Waals surface area contributed by atoms with Crippen LogP contribution in [0.5, 0.6) is 0 Å². The van der Waals surface area contributed by atoms with Crippen LogP contribution >= 0.6 is 0 Å². The molecule has 0 aliphatic carbocycles. The fourth-order valence-electron chi connectivity index (χ4n) is 5.12. The Morgan fingerprint density at radius 2 is 1.94 bits per heavy atom. The maximum absolute atomic E-state index is 13.5. The van der Waals surface area contributed by atoms with Crippen molar-refractivity contribution < 1.29 is 13.2 Å². The van der Waals surface area contributed by atoms with E-state index in [1.54, 1.807) is 53.6 Å². The van der Waals surface area contributed by atoms with Crippen LogP contribution in [-0.4, -0.2) is 39.4 Å². The highest BCUT2D eigenvalue weighted by Crippen LogP contribution is 2.48. The third-order valence-electron chi connectivity index (χ3n) is 6.76. The molecule has 6 rings (SSSR count). The molecule has 0 amide bonds. The first-order valence-electron chi connectivity index (χ1n) is 10.8. The van der Waals surface area contributed by atoms with E-state index in [-0.39, 0.29) is 28.9 Å². The molecule has 5 heterocycles. The van der Waals surface area contributed by atoms with Crippen molar-refractivity contribution in [1.82, 2.24) is 18.7 Å². The van der Waals surface area contributed by atoms with E-state index in [1.165, 1.54) is 3.97 Å². The molecule has 2 aliphatic heterocycles. The molecule has 1 unspecified atom stereocenters. The SMILES string of the molecule is Cn1cc(-c2cn(S(=O)(=O)c3ccccc3)c3ncc([C@@H]4C[C@H]5O[C@@H]4CC5C#N)cc23)cn1. The molecule has 9 heteroatoms. The highest BCUT2D eigenvalue weighted by molar-refractivity contribution is 7.90. The smallest absolute Gasteiger partial charge is 0.269 e. The van der Waals surface area contributed by atoms with Crippen LogP contribution in [0.1, 0.15) is 24.3 Å². The van der Waals surface area contributed by atoms with Crippen molar-refractivity contribution in [3.8, 4) is 17.2 Å². The van der Waals surface area contributed by atoms with Gasteiger partial charge >= 0.3 is 0 Å². The van der Waals surface area contributed by atoms with Crippen LogP contribution in [0.4, 0.5) is 0 Å². The molecule has 4 aromatic rings. The van der Waals surface area contributed by atoms with E-state index < -0.39 is 10.0 Å². The van der Waals surface area contributed by atoms with Gasteiger partial charge in [-0.2, -0.15) is 10.4 Å². The summed E-state index contributed by atoms with van der Waals surface area (Å²) in [5.41, 5.74) is 2.95. The molecule has 0 N–H and O–H groups in total. The van der Waals surface area contributed by atoms with Crippen molar-refractivity contribution in [2.75, 3.05) is 0 Å². The summed E-state index contributed by atoms with van der Waals surface area (Å²) in [6, 6.07) is 12.7. The number of aromatic nitrogens is 4. The molecule has 2 saturated heterocycles. The molecular formula is C24H21N5O3S. The zero-order valence-electron chi connectivity index (χ0n) is 17.9.